The zero-order valence-electron chi connectivity index (χ0n) is 14.6. The van der Waals surface area contributed by atoms with Gasteiger partial charge in [0.2, 0.25) is 0 Å². The smallest absolute Gasteiger partial charge is 0.421 e. The fourth-order valence-electron chi connectivity index (χ4n) is 3.03. The van der Waals surface area contributed by atoms with Crippen molar-refractivity contribution in [1.29, 1.82) is 5.26 Å². The SMILES string of the molecule is CC(C)(C)OC(=O)N1C(=O)[C@](C#N)(c2ccccc2)c2ccc(Cl)cc21. The molecule has 0 saturated carbocycles. The molecular formula is C20H17ClN2O3. The summed E-state index contributed by atoms with van der Waals surface area (Å²) in [6, 6.07) is 15.5. The molecule has 6 heteroatoms. The van der Waals surface area contributed by atoms with Gasteiger partial charge < -0.3 is 4.74 Å². The zero-order chi connectivity index (χ0) is 19.1. The number of ether oxygens (including phenoxy) is 1. The Morgan fingerprint density at radius 2 is 1.85 bits per heavy atom. The average molecular weight is 369 g/mol. The maximum atomic E-state index is 13.3. The molecule has 1 heterocycles. The van der Waals surface area contributed by atoms with Crippen LogP contribution < -0.4 is 4.90 Å². The van der Waals surface area contributed by atoms with E-state index in [1.165, 1.54) is 6.07 Å². The molecule has 1 atom stereocenters. The summed E-state index contributed by atoms with van der Waals surface area (Å²) in [7, 11) is 0. The molecule has 0 radical (unpaired) electrons. The van der Waals surface area contributed by atoms with Crippen molar-refractivity contribution in [2.24, 2.45) is 0 Å². The maximum absolute atomic E-state index is 13.3. The summed E-state index contributed by atoms with van der Waals surface area (Å²) in [6.07, 6.45) is -0.834. The second-order valence-electron chi connectivity index (χ2n) is 7.01. The predicted molar refractivity (Wildman–Crippen MR) is 98.0 cm³/mol. The number of carbonyl (C=O) groups excluding carboxylic acids is 2. The number of hydrogen-bond donors (Lipinski definition) is 0. The van der Waals surface area contributed by atoms with E-state index < -0.39 is 23.0 Å². The Kier molecular flexibility index (Phi) is 4.25. The van der Waals surface area contributed by atoms with E-state index in [4.69, 9.17) is 16.3 Å². The van der Waals surface area contributed by atoms with E-state index in [0.29, 0.717) is 16.1 Å². The molecule has 0 aliphatic carbocycles. The van der Waals surface area contributed by atoms with Crippen LogP contribution in [0.15, 0.2) is 48.5 Å². The molecule has 0 fully saturated rings. The number of benzene rings is 2. The van der Waals surface area contributed by atoms with Crippen LogP contribution in [-0.4, -0.2) is 17.6 Å². The number of amides is 2. The highest BCUT2D eigenvalue weighted by atomic mass is 35.5. The van der Waals surface area contributed by atoms with Crippen LogP contribution in [-0.2, 0) is 14.9 Å². The summed E-state index contributed by atoms with van der Waals surface area (Å²) < 4.78 is 5.38. The van der Waals surface area contributed by atoms with E-state index in [9.17, 15) is 14.9 Å². The van der Waals surface area contributed by atoms with Crippen LogP contribution in [0.2, 0.25) is 5.02 Å². The molecule has 1 aliphatic heterocycles. The highest BCUT2D eigenvalue weighted by Crippen LogP contribution is 2.47. The lowest BCUT2D eigenvalue weighted by Gasteiger charge is -2.25. The van der Waals surface area contributed by atoms with E-state index in [2.05, 4.69) is 6.07 Å². The lowest BCUT2D eigenvalue weighted by molar-refractivity contribution is -0.120. The highest BCUT2D eigenvalue weighted by Gasteiger charge is 2.55. The molecular weight excluding hydrogens is 352 g/mol. The summed E-state index contributed by atoms with van der Waals surface area (Å²) in [6.45, 7) is 5.12. The minimum atomic E-state index is -1.63. The minimum Gasteiger partial charge on any atom is -0.443 e. The minimum absolute atomic E-state index is 0.266. The van der Waals surface area contributed by atoms with Gasteiger partial charge in [-0.15, -0.1) is 0 Å². The second-order valence-corrected chi connectivity index (χ2v) is 7.45. The number of rotatable bonds is 1. The average Bonchev–Trinajstić information content (AvgIpc) is 2.82. The third kappa shape index (κ3) is 2.73. The molecule has 0 unspecified atom stereocenters. The second kappa shape index (κ2) is 6.15. The number of halogens is 1. The van der Waals surface area contributed by atoms with Gasteiger partial charge in [0.1, 0.15) is 5.60 Å². The van der Waals surface area contributed by atoms with Gasteiger partial charge in [0.05, 0.1) is 11.8 Å². The molecule has 0 aromatic heterocycles. The van der Waals surface area contributed by atoms with Gasteiger partial charge in [-0.3, -0.25) is 4.79 Å². The first-order valence-electron chi connectivity index (χ1n) is 8.05. The summed E-state index contributed by atoms with van der Waals surface area (Å²) >= 11 is 6.08. The maximum Gasteiger partial charge on any atom is 0.421 e. The summed E-state index contributed by atoms with van der Waals surface area (Å²) in [4.78, 5) is 26.9. The molecule has 26 heavy (non-hydrogen) atoms. The number of nitriles is 1. The quantitative estimate of drug-likeness (QED) is 0.746. The van der Waals surface area contributed by atoms with Crippen LogP contribution in [0.1, 0.15) is 31.9 Å². The lowest BCUT2D eigenvalue weighted by Crippen LogP contribution is -2.45. The van der Waals surface area contributed by atoms with Crippen LogP contribution >= 0.6 is 11.6 Å². The van der Waals surface area contributed by atoms with Gasteiger partial charge in [-0.1, -0.05) is 48.0 Å². The Bertz CT molecular complexity index is 928. The lowest BCUT2D eigenvalue weighted by atomic mass is 9.77. The van der Waals surface area contributed by atoms with Gasteiger partial charge in [0, 0.05) is 10.6 Å². The third-order valence-corrected chi connectivity index (χ3v) is 4.31. The molecule has 5 nitrogen and oxygen atoms in total. The summed E-state index contributed by atoms with van der Waals surface area (Å²) in [5.74, 6) is -0.669. The molecule has 0 N–H and O–H groups in total. The number of imide groups is 1. The van der Waals surface area contributed by atoms with Crippen molar-refractivity contribution in [2.75, 3.05) is 4.90 Å². The van der Waals surface area contributed by atoms with Gasteiger partial charge in [0.15, 0.2) is 5.41 Å². The van der Waals surface area contributed by atoms with E-state index in [0.717, 1.165) is 4.90 Å². The Hall–Kier alpha value is -2.84. The Balaban J connectivity index is 2.23. The molecule has 0 saturated heterocycles. The number of nitrogens with zero attached hydrogens (tertiary/aromatic N) is 2. The first kappa shape index (κ1) is 18.0. The largest absolute Gasteiger partial charge is 0.443 e. The fraction of sp³-hybridized carbons (Fsp3) is 0.250. The number of hydrogen-bond acceptors (Lipinski definition) is 4. The molecule has 0 bridgehead atoms. The monoisotopic (exact) mass is 368 g/mol. The van der Waals surface area contributed by atoms with Crippen LogP contribution in [0.25, 0.3) is 0 Å². The van der Waals surface area contributed by atoms with Crippen LogP contribution in [0.4, 0.5) is 10.5 Å². The molecule has 0 spiro atoms. The van der Waals surface area contributed by atoms with Crippen LogP contribution in [0, 0.1) is 11.3 Å². The van der Waals surface area contributed by atoms with E-state index in [1.54, 1.807) is 63.2 Å². The Morgan fingerprint density at radius 3 is 2.42 bits per heavy atom. The third-order valence-electron chi connectivity index (χ3n) is 4.08. The molecule has 2 aromatic rings. The molecule has 1 aliphatic rings. The first-order valence-corrected chi connectivity index (χ1v) is 8.43. The normalized spacial score (nSPS) is 19.0. The van der Waals surface area contributed by atoms with E-state index in [-0.39, 0.29) is 5.69 Å². The van der Waals surface area contributed by atoms with Crippen molar-refractivity contribution in [2.45, 2.75) is 31.8 Å². The Morgan fingerprint density at radius 1 is 1.19 bits per heavy atom. The number of anilines is 1. The highest BCUT2D eigenvalue weighted by molar-refractivity contribution is 6.32. The van der Waals surface area contributed by atoms with Crippen LogP contribution in [0.3, 0.4) is 0 Å². The number of carbonyl (C=O) groups is 2. The van der Waals surface area contributed by atoms with Crippen molar-refractivity contribution < 1.29 is 14.3 Å². The van der Waals surface area contributed by atoms with Crippen molar-refractivity contribution in [3.63, 3.8) is 0 Å². The standard InChI is InChI=1S/C20H17ClN2O3/c1-19(2,3)26-18(25)23-16-11-14(21)9-10-15(16)20(12-22,17(23)24)13-7-5-4-6-8-13/h4-11H,1-3H3/t20-/m1/s1. The first-order chi connectivity index (χ1) is 12.2. The van der Waals surface area contributed by atoms with Gasteiger partial charge in [-0.25, -0.2) is 9.69 Å². The van der Waals surface area contributed by atoms with Crippen molar-refractivity contribution in [3.05, 3.63) is 64.7 Å². The molecule has 3 rings (SSSR count). The fourth-order valence-corrected chi connectivity index (χ4v) is 3.19. The summed E-state index contributed by atoms with van der Waals surface area (Å²) in [5, 5.41) is 10.4. The van der Waals surface area contributed by atoms with E-state index in [1.807, 2.05) is 0 Å². The van der Waals surface area contributed by atoms with Crippen molar-refractivity contribution >= 4 is 29.3 Å². The van der Waals surface area contributed by atoms with Crippen LogP contribution in [0.5, 0.6) is 0 Å². The molecule has 2 aromatic carbocycles. The zero-order valence-corrected chi connectivity index (χ0v) is 15.4. The number of fused-ring (bicyclic) bond motifs is 1. The molecule has 2 amide bonds. The summed E-state index contributed by atoms with van der Waals surface area (Å²) in [5.41, 5.74) is -1.26. The van der Waals surface area contributed by atoms with Gasteiger partial charge in [-0.05, 0) is 38.5 Å². The van der Waals surface area contributed by atoms with Gasteiger partial charge >= 0.3 is 6.09 Å². The Labute approximate surface area is 156 Å². The van der Waals surface area contributed by atoms with Gasteiger partial charge in [-0.2, -0.15) is 5.26 Å². The predicted octanol–water partition coefficient (Wildman–Crippen LogP) is 4.43. The van der Waals surface area contributed by atoms with Gasteiger partial charge in [0.25, 0.3) is 5.91 Å². The van der Waals surface area contributed by atoms with Crippen molar-refractivity contribution in [1.82, 2.24) is 0 Å². The topological polar surface area (TPSA) is 70.4 Å². The van der Waals surface area contributed by atoms with E-state index >= 15 is 0 Å². The molecule has 132 valence electrons. The van der Waals surface area contributed by atoms with Crippen molar-refractivity contribution in [3.8, 4) is 6.07 Å².